The molecule has 0 aliphatic carbocycles. The van der Waals surface area contributed by atoms with Crippen LogP contribution >= 0.6 is 0 Å². The number of benzene rings is 2. The minimum atomic E-state index is -0.289. The van der Waals surface area contributed by atoms with E-state index in [1.54, 1.807) is 30.5 Å². The van der Waals surface area contributed by atoms with Gasteiger partial charge < -0.3 is 19.3 Å². The van der Waals surface area contributed by atoms with Gasteiger partial charge in [-0.3, -0.25) is 9.59 Å². The van der Waals surface area contributed by atoms with E-state index in [2.05, 4.69) is 28.5 Å². The van der Waals surface area contributed by atoms with Gasteiger partial charge in [-0.2, -0.15) is 0 Å². The molecule has 0 saturated heterocycles. The minimum Gasteiger partial charge on any atom is -0.454 e. The minimum absolute atomic E-state index is 0.0244. The molecule has 0 aliphatic heterocycles. The molecule has 164 valence electrons. The maximum absolute atomic E-state index is 12.9. The summed E-state index contributed by atoms with van der Waals surface area (Å²) < 4.78 is 7.26. The van der Waals surface area contributed by atoms with Crippen molar-refractivity contribution in [2.75, 3.05) is 6.54 Å². The van der Waals surface area contributed by atoms with Crippen molar-refractivity contribution in [2.24, 2.45) is 0 Å². The van der Waals surface area contributed by atoms with E-state index >= 15 is 0 Å². The maximum atomic E-state index is 12.9. The Morgan fingerprint density at radius 3 is 2.58 bits per heavy atom. The second kappa shape index (κ2) is 9.04. The van der Waals surface area contributed by atoms with Gasteiger partial charge in [0.1, 0.15) is 5.76 Å². The summed E-state index contributed by atoms with van der Waals surface area (Å²) in [7, 11) is 0. The van der Waals surface area contributed by atoms with Crippen LogP contribution in [-0.2, 0) is 6.54 Å². The van der Waals surface area contributed by atoms with Gasteiger partial charge in [0.2, 0.25) is 0 Å². The lowest BCUT2D eigenvalue weighted by Crippen LogP contribution is -2.28. The van der Waals surface area contributed by atoms with E-state index in [0.29, 0.717) is 12.3 Å². The number of aromatic amines is 1. The molecular weight excluding hydrogens is 414 g/mol. The van der Waals surface area contributed by atoms with E-state index in [1.165, 1.54) is 10.6 Å². The summed E-state index contributed by atoms with van der Waals surface area (Å²) in [6.07, 6.45) is 3.70. The van der Waals surface area contributed by atoms with E-state index < -0.39 is 0 Å². The van der Waals surface area contributed by atoms with Gasteiger partial charge in [0, 0.05) is 41.8 Å². The van der Waals surface area contributed by atoms with Crippen LogP contribution in [0.3, 0.4) is 0 Å². The number of nitrogens with one attached hydrogen (secondary N) is 2. The molecule has 6 heteroatoms. The van der Waals surface area contributed by atoms with Crippen LogP contribution < -0.4 is 10.9 Å². The van der Waals surface area contributed by atoms with Crippen LogP contribution in [0.5, 0.6) is 0 Å². The molecule has 1 amide bonds. The number of aromatic nitrogens is 2. The molecule has 5 rings (SSSR count). The third kappa shape index (κ3) is 4.36. The highest BCUT2D eigenvalue weighted by atomic mass is 16.4. The van der Waals surface area contributed by atoms with Crippen LogP contribution in [0.1, 0.15) is 33.4 Å². The molecule has 0 bridgehead atoms. The molecule has 33 heavy (non-hydrogen) atoms. The molecule has 0 radical (unpaired) electrons. The smallest absolute Gasteiger partial charge is 0.287 e. The Balaban J connectivity index is 1.35. The average Bonchev–Trinajstić information content (AvgIpc) is 3.49. The normalized spacial score (nSPS) is 12.0. The number of carbonyl (C=O) groups excluding carboxylic acids is 1. The van der Waals surface area contributed by atoms with E-state index in [0.717, 1.165) is 22.0 Å². The van der Waals surface area contributed by atoms with Crippen LogP contribution in [0.15, 0.2) is 107 Å². The lowest BCUT2D eigenvalue weighted by atomic mass is 9.91. The maximum Gasteiger partial charge on any atom is 0.287 e. The van der Waals surface area contributed by atoms with Crippen molar-refractivity contribution >= 4 is 16.8 Å². The van der Waals surface area contributed by atoms with Crippen molar-refractivity contribution < 1.29 is 9.21 Å². The highest BCUT2D eigenvalue weighted by Crippen LogP contribution is 2.30. The molecular formula is C27H23N3O3. The van der Waals surface area contributed by atoms with Gasteiger partial charge >= 0.3 is 0 Å². The van der Waals surface area contributed by atoms with Gasteiger partial charge in [-0.15, -0.1) is 0 Å². The highest BCUT2D eigenvalue weighted by molar-refractivity contribution is 5.91. The summed E-state index contributed by atoms with van der Waals surface area (Å²) in [6.45, 7) is 0.688. The second-order valence-electron chi connectivity index (χ2n) is 7.90. The monoisotopic (exact) mass is 437 g/mol. The lowest BCUT2D eigenvalue weighted by molar-refractivity contribution is 0.0922. The Labute approximate surface area is 190 Å². The number of hydrogen-bond acceptors (Lipinski definition) is 3. The summed E-state index contributed by atoms with van der Waals surface area (Å²) >= 11 is 0. The molecule has 0 aliphatic rings. The van der Waals surface area contributed by atoms with Crippen molar-refractivity contribution in [1.29, 1.82) is 0 Å². The summed E-state index contributed by atoms with van der Waals surface area (Å²) in [4.78, 5) is 28.1. The Kier molecular flexibility index (Phi) is 5.64. The molecule has 0 spiro atoms. The van der Waals surface area contributed by atoms with Gasteiger partial charge in [-0.25, -0.2) is 0 Å². The predicted molar refractivity (Wildman–Crippen MR) is 127 cm³/mol. The first-order chi connectivity index (χ1) is 16.2. The first kappa shape index (κ1) is 20.6. The van der Waals surface area contributed by atoms with Crippen LogP contribution in [-0.4, -0.2) is 22.0 Å². The number of H-pyrrole nitrogens is 1. The topological polar surface area (TPSA) is 80.0 Å². The van der Waals surface area contributed by atoms with Crippen LogP contribution in [0.25, 0.3) is 10.9 Å². The van der Waals surface area contributed by atoms with Crippen molar-refractivity contribution in [2.45, 2.75) is 12.5 Å². The zero-order valence-corrected chi connectivity index (χ0v) is 17.9. The van der Waals surface area contributed by atoms with Gasteiger partial charge in [-0.05, 0) is 35.4 Å². The van der Waals surface area contributed by atoms with Crippen molar-refractivity contribution in [3.63, 3.8) is 0 Å². The number of fused-ring (bicyclic) bond motifs is 1. The fourth-order valence-corrected chi connectivity index (χ4v) is 4.10. The molecule has 3 aromatic heterocycles. The number of para-hydroxylation sites is 1. The number of pyridine rings is 1. The summed E-state index contributed by atoms with van der Waals surface area (Å²) in [6, 6.07) is 26.6. The third-order valence-electron chi connectivity index (χ3n) is 5.78. The third-order valence-corrected chi connectivity index (χ3v) is 5.78. The zero-order valence-electron chi connectivity index (χ0n) is 17.9. The Bertz CT molecular complexity index is 1450. The quantitative estimate of drug-likeness (QED) is 0.393. The van der Waals surface area contributed by atoms with Crippen molar-refractivity contribution in [3.05, 3.63) is 130 Å². The molecule has 0 saturated carbocycles. The lowest BCUT2D eigenvalue weighted by Gasteiger charge is -2.18. The van der Waals surface area contributed by atoms with Gasteiger partial charge in [0.15, 0.2) is 5.76 Å². The van der Waals surface area contributed by atoms with Crippen molar-refractivity contribution in [1.82, 2.24) is 14.9 Å². The standard InChI is InChI=1S/C27H23N3O3/c31-26-12-6-7-15-30(26)18-20-13-14-25(33-20)27(32)29-16-22(19-8-2-1-3-9-19)23-17-28-24-11-5-4-10-21(23)24/h1-15,17,22,28H,16,18H2,(H,29,32). The molecule has 1 atom stereocenters. The number of carbonyl (C=O) groups is 1. The van der Waals surface area contributed by atoms with E-state index in [1.807, 2.05) is 42.6 Å². The average molecular weight is 437 g/mol. The zero-order chi connectivity index (χ0) is 22.6. The first-order valence-electron chi connectivity index (χ1n) is 10.8. The number of nitrogens with zero attached hydrogens (tertiary/aromatic N) is 1. The number of amides is 1. The highest BCUT2D eigenvalue weighted by Gasteiger charge is 2.20. The molecule has 3 heterocycles. The fraction of sp³-hybridized carbons (Fsp3) is 0.111. The SMILES string of the molecule is O=C(NCC(c1ccccc1)c1c[nH]c2ccccc12)c1ccc(Cn2ccccc2=O)o1. The molecule has 0 fully saturated rings. The molecule has 1 unspecified atom stereocenters. The van der Waals surface area contributed by atoms with Gasteiger partial charge in [0.05, 0.1) is 6.54 Å². The number of furan rings is 1. The molecule has 5 aromatic rings. The second-order valence-corrected chi connectivity index (χ2v) is 7.90. The van der Waals surface area contributed by atoms with Crippen LogP contribution in [0, 0.1) is 0 Å². The molecule has 6 nitrogen and oxygen atoms in total. The molecule has 2 N–H and O–H groups in total. The van der Waals surface area contributed by atoms with E-state index in [9.17, 15) is 9.59 Å². The predicted octanol–water partition coefficient (Wildman–Crippen LogP) is 4.53. The Morgan fingerprint density at radius 2 is 1.73 bits per heavy atom. The van der Waals surface area contributed by atoms with Gasteiger partial charge in [0.25, 0.3) is 11.5 Å². The first-order valence-corrected chi connectivity index (χ1v) is 10.8. The van der Waals surface area contributed by atoms with Crippen molar-refractivity contribution in [3.8, 4) is 0 Å². The summed E-state index contributed by atoms with van der Waals surface area (Å²) in [5, 5.41) is 4.16. The summed E-state index contributed by atoms with van der Waals surface area (Å²) in [5.74, 6) is 0.454. The molecule has 2 aromatic carbocycles. The Morgan fingerprint density at radius 1 is 0.939 bits per heavy atom. The fourth-order valence-electron chi connectivity index (χ4n) is 4.10. The van der Waals surface area contributed by atoms with Crippen LogP contribution in [0.4, 0.5) is 0 Å². The van der Waals surface area contributed by atoms with Gasteiger partial charge in [-0.1, -0.05) is 54.6 Å². The van der Waals surface area contributed by atoms with E-state index in [4.69, 9.17) is 4.42 Å². The van der Waals surface area contributed by atoms with Crippen LogP contribution in [0.2, 0.25) is 0 Å². The number of rotatable bonds is 7. The summed E-state index contributed by atoms with van der Waals surface area (Å²) in [5.41, 5.74) is 3.18. The largest absolute Gasteiger partial charge is 0.454 e. The number of hydrogen-bond donors (Lipinski definition) is 2. The van der Waals surface area contributed by atoms with E-state index in [-0.39, 0.29) is 29.7 Å². The Hall–Kier alpha value is -4.32.